The maximum Gasteiger partial charge on any atom is 0.692 e. The molecule has 1 aliphatic heterocycles. The van der Waals surface area contributed by atoms with Gasteiger partial charge in [-0.05, 0) is 0 Å². The molecule has 8 N–H and O–H groups in total. The first-order valence-corrected chi connectivity index (χ1v) is 7.62. The number of aromatic amines is 1. The molecule has 0 spiro atoms. The summed E-state index contributed by atoms with van der Waals surface area (Å²) in [7, 11) is -2.87. The SMILES string of the molecule is Nc1nc2c(ncn2[C@@H]2O[C@H](CO)[C@@H](O)[C@H]2O)c(=O)[nH]1.O=[P+](O)O. The highest BCUT2D eigenvalue weighted by atomic mass is 31.1. The second-order valence-corrected chi connectivity index (χ2v) is 5.26. The van der Waals surface area contributed by atoms with Gasteiger partial charge in [0.05, 0.1) is 12.9 Å². The Morgan fingerprint density at radius 3 is 2.54 bits per heavy atom. The molecule has 0 aliphatic carbocycles. The molecule has 0 bridgehead atoms. The first kappa shape index (κ1) is 18.4. The van der Waals surface area contributed by atoms with Crippen molar-refractivity contribution in [3.8, 4) is 0 Å². The number of aliphatic hydroxyl groups is 3. The van der Waals surface area contributed by atoms with Crippen LogP contribution in [0.2, 0.25) is 0 Å². The first-order valence-electron chi connectivity index (χ1n) is 6.46. The van der Waals surface area contributed by atoms with Crippen LogP contribution in [0.15, 0.2) is 11.1 Å². The highest BCUT2D eigenvalue weighted by Crippen LogP contribution is 2.30. The average Bonchev–Trinajstić information content (AvgIpc) is 3.01. The van der Waals surface area contributed by atoms with Crippen LogP contribution in [0.5, 0.6) is 0 Å². The Balaban J connectivity index is 0.000000471. The number of fused-ring (bicyclic) bond motifs is 1. The van der Waals surface area contributed by atoms with Gasteiger partial charge in [-0.3, -0.25) is 14.3 Å². The number of ether oxygens (including phenoxy) is 1. The summed E-state index contributed by atoms with van der Waals surface area (Å²) in [4.78, 5) is 36.0. The molecular weight excluding hydrogens is 349 g/mol. The number of hydrogen-bond donors (Lipinski definition) is 7. The van der Waals surface area contributed by atoms with Crippen LogP contribution in [0.25, 0.3) is 11.2 Å². The molecule has 3 rings (SSSR count). The van der Waals surface area contributed by atoms with E-state index in [-0.39, 0.29) is 17.1 Å². The molecular formula is C10H15N5O8P+. The van der Waals surface area contributed by atoms with Crippen molar-refractivity contribution in [2.75, 3.05) is 12.3 Å². The van der Waals surface area contributed by atoms with Crippen molar-refractivity contribution in [3.63, 3.8) is 0 Å². The third-order valence-corrected chi connectivity index (χ3v) is 3.24. The number of nitrogens with zero attached hydrogens (tertiary/aromatic N) is 3. The summed E-state index contributed by atoms with van der Waals surface area (Å²) in [6.07, 6.45) is -3.21. The zero-order valence-electron chi connectivity index (χ0n) is 11.9. The molecule has 14 heteroatoms. The molecule has 1 saturated heterocycles. The summed E-state index contributed by atoms with van der Waals surface area (Å²) in [5.41, 5.74) is 5.12. The number of hydrogen-bond acceptors (Lipinski definition) is 9. The quantitative estimate of drug-likeness (QED) is 0.265. The third kappa shape index (κ3) is 3.57. The number of nitrogen functional groups attached to an aromatic ring is 1. The van der Waals surface area contributed by atoms with E-state index in [2.05, 4.69) is 15.0 Å². The normalized spacial score (nSPS) is 26.2. The van der Waals surface area contributed by atoms with Crippen molar-refractivity contribution in [3.05, 3.63) is 16.7 Å². The second-order valence-electron chi connectivity index (χ2n) is 4.76. The Kier molecular flexibility index (Phi) is 5.56. The number of anilines is 1. The zero-order chi connectivity index (χ0) is 18.0. The fraction of sp³-hybridized carbons (Fsp3) is 0.500. The molecule has 1 fully saturated rings. The lowest BCUT2D eigenvalue weighted by Crippen LogP contribution is -2.33. The molecule has 4 atom stereocenters. The molecule has 132 valence electrons. The number of nitrogens with two attached hydrogens (primary N) is 1. The van der Waals surface area contributed by atoms with Crippen LogP contribution in [0, 0.1) is 0 Å². The van der Waals surface area contributed by atoms with Crippen molar-refractivity contribution in [2.45, 2.75) is 24.5 Å². The number of H-pyrrole nitrogens is 1. The van der Waals surface area contributed by atoms with E-state index >= 15 is 0 Å². The molecule has 2 aromatic heterocycles. The van der Waals surface area contributed by atoms with E-state index in [0.717, 1.165) is 0 Å². The molecule has 0 radical (unpaired) electrons. The van der Waals surface area contributed by atoms with Gasteiger partial charge in [-0.2, -0.15) is 4.98 Å². The summed E-state index contributed by atoms with van der Waals surface area (Å²) in [5.74, 6) is -0.101. The monoisotopic (exact) mass is 364 g/mol. The van der Waals surface area contributed by atoms with Crippen molar-refractivity contribution in [2.24, 2.45) is 0 Å². The van der Waals surface area contributed by atoms with E-state index in [1.165, 1.54) is 10.9 Å². The minimum Gasteiger partial charge on any atom is -0.394 e. The minimum atomic E-state index is -2.87. The molecule has 0 amide bonds. The molecule has 0 saturated carbocycles. The van der Waals surface area contributed by atoms with Gasteiger partial charge in [0.1, 0.15) is 18.3 Å². The lowest BCUT2D eigenvalue weighted by atomic mass is 10.1. The summed E-state index contributed by atoms with van der Waals surface area (Å²) in [5, 5.41) is 28.7. The topological polar surface area (TPSA) is 217 Å². The zero-order valence-corrected chi connectivity index (χ0v) is 12.8. The van der Waals surface area contributed by atoms with Crippen molar-refractivity contribution in [1.29, 1.82) is 0 Å². The average molecular weight is 364 g/mol. The Bertz CT molecular complexity index is 789. The third-order valence-electron chi connectivity index (χ3n) is 3.24. The number of nitrogens with one attached hydrogen (secondary N) is 1. The van der Waals surface area contributed by atoms with Crippen LogP contribution in [0.3, 0.4) is 0 Å². The van der Waals surface area contributed by atoms with Gasteiger partial charge in [0.15, 0.2) is 17.4 Å². The highest BCUT2D eigenvalue weighted by Gasteiger charge is 2.44. The van der Waals surface area contributed by atoms with Crippen molar-refractivity contribution >= 4 is 25.4 Å². The van der Waals surface area contributed by atoms with Gasteiger partial charge in [-0.25, -0.2) is 4.98 Å². The number of imidazole rings is 1. The molecule has 0 unspecified atom stereocenters. The van der Waals surface area contributed by atoms with E-state index in [0.29, 0.717) is 0 Å². The van der Waals surface area contributed by atoms with Crippen LogP contribution in [0.1, 0.15) is 6.23 Å². The Labute approximate surface area is 133 Å². The number of rotatable bonds is 2. The van der Waals surface area contributed by atoms with E-state index in [9.17, 15) is 15.0 Å². The first-order chi connectivity index (χ1) is 11.3. The lowest BCUT2D eigenvalue weighted by Gasteiger charge is -2.16. The van der Waals surface area contributed by atoms with E-state index in [1.54, 1.807) is 0 Å². The van der Waals surface area contributed by atoms with Crippen LogP contribution in [0.4, 0.5) is 5.95 Å². The van der Waals surface area contributed by atoms with Gasteiger partial charge in [0.25, 0.3) is 5.56 Å². The van der Waals surface area contributed by atoms with Gasteiger partial charge >= 0.3 is 8.25 Å². The molecule has 13 nitrogen and oxygen atoms in total. The molecule has 0 aromatic carbocycles. The molecule has 1 aliphatic rings. The lowest BCUT2D eigenvalue weighted by molar-refractivity contribution is -0.0511. The summed E-state index contributed by atoms with van der Waals surface area (Å²) >= 11 is 0. The van der Waals surface area contributed by atoms with E-state index < -0.39 is 45.0 Å². The maximum absolute atomic E-state index is 11.7. The Hall–Kier alpha value is -1.99. The summed E-state index contributed by atoms with van der Waals surface area (Å²) in [6, 6.07) is 0. The fourth-order valence-electron chi connectivity index (χ4n) is 2.24. The Morgan fingerprint density at radius 2 is 2.00 bits per heavy atom. The van der Waals surface area contributed by atoms with Crippen LogP contribution >= 0.6 is 8.25 Å². The van der Waals surface area contributed by atoms with Crippen molar-refractivity contribution in [1.82, 2.24) is 19.5 Å². The number of aliphatic hydroxyl groups excluding tert-OH is 3. The predicted molar refractivity (Wildman–Crippen MR) is 77.6 cm³/mol. The Morgan fingerprint density at radius 1 is 1.38 bits per heavy atom. The smallest absolute Gasteiger partial charge is 0.394 e. The highest BCUT2D eigenvalue weighted by molar-refractivity contribution is 7.30. The minimum absolute atomic E-state index is 0.0388. The van der Waals surface area contributed by atoms with Gasteiger partial charge in [-0.15, -0.1) is 9.79 Å². The molecule has 24 heavy (non-hydrogen) atoms. The van der Waals surface area contributed by atoms with Gasteiger partial charge < -0.3 is 25.8 Å². The van der Waals surface area contributed by atoms with Gasteiger partial charge in [0.2, 0.25) is 5.95 Å². The van der Waals surface area contributed by atoms with Gasteiger partial charge in [0, 0.05) is 4.57 Å². The molecule has 2 aromatic rings. The van der Waals surface area contributed by atoms with E-state index in [4.69, 9.17) is 29.9 Å². The van der Waals surface area contributed by atoms with E-state index in [1.807, 2.05) is 0 Å². The maximum atomic E-state index is 11.7. The standard InChI is InChI=1S/C10H13N5O5.HO3P/c11-10-13-7-4(8(19)14-10)12-2-15(7)9-6(18)5(17)3(1-16)20-9;1-4(2)3/h2-3,5-6,9,16-18H,1H2,(H3,11,13,14,19);(H-,1,2,3)/p+1/t3-,5-,6-,9-;/m1./s1. The van der Waals surface area contributed by atoms with Crippen LogP contribution < -0.4 is 11.3 Å². The largest absolute Gasteiger partial charge is 0.692 e. The molecule has 3 heterocycles. The number of aromatic nitrogens is 4. The van der Waals surface area contributed by atoms with Crippen LogP contribution in [-0.2, 0) is 9.30 Å². The second kappa shape index (κ2) is 7.27. The summed E-state index contributed by atoms with van der Waals surface area (Å²) < 4.78 is 15.3. The van der Waals surface area contributed by atoms with Gasteiger partial charge in [-0.1, -0.05) is 0 Å². The van der Waals surface area contributed by atoms with Crippen molar-refractivity contribution < 1.29 is 34.4 Å². The predicted octanol–water partition coefficient (Wildman–Crippen LogP) is -3.06. The fourth-order valence-corrected chi connectivity index (χ4v) is 2.24. The van der Waals surface area contributed by atoms with Crippen LogP contribution in [-0.4, -0.2) is 69.5 Å². The summed E-state index contributed by atoms with van der Waals surface area (Å²) in [6.45, 7) is -0.447.